The molecule has 0 bridgehead atoms. The molecule has 0 radical (unpaired) electrons. The lowest BCUT2D eigenvalue weighted by atomic mass is 9.81. The minimum absolute atomic E-state index is 0.00639. The van der Waals surface area contributed by atoms with Gasteiger partial charge in [0.25, 0.3) is 20.2 Å². The summed E-state index contributed by atoms with van der Waals surface area (Å²) in [5.74, 6) is 0.196. The Morgan fingerprint density at radius 3 is 1.99 bits per heavy atom. The molecule has 0 aromatic heterocycles. The quantitative estimate of drug-likeness (QED) is 0.0200. The summed E-state index contributed by atoms with van der Waals surface area (Å²) in [6.07, 6.45) is 13.7. The molecule has 21 nitrogen and oxygen atoms in total. The molecule has 4 aliphatic rings. The van der Waals surface area contributed by atoms with E-state index < -0.39 is 46.9 Å². The average Bonchev–Trinajstić information content (AvgIpc) is 4.02. The second kappa shape index (κ2) is 26.8. The van der Waals surface area contributed by atoms with Gasteiger partial charge >= 0.3 is 6.03 Å². The summed E-state index contributed by atoms with van der Waals surface area (Å²) >= 11 is 1.87. The number of ether oxygens (including phenoxy) is 3. The molecule has 4 amide bonds. The van der Waals surface area contributed by atoms with Gasteiger partial charge in [-0.3, -0.25) is 18.7 Å². The number of nitrogens with one attached hydrogen (secondary N) is 4. The number of carbonyl (C=O) groups is 3. The lowest BCUT2D eigenvalue weighted by molar-refractivity contribution is -0.437. The Balaban J connectivity index is 0.905. The lowest BCUT2D eigenvalue weighted by Crippen LogP contribution is -2.36. The first-order valence-corrected chi connectivity index (χ1v) is 31.0. The summed E-state index contributed by atoms with van der Waals surface area (Å²) in [5.41, 5.74) is 2.63. The van der Waals surface area contributed by atoms with Crippen LogP contribution in [0.4, 0.5) is 16.2 Å². The van der Waals surface area contributed by atoms with Crippen molar-refractivity contribution >= 4 is 77.0 Å². The molecule has 2 aromatic rings. The Morgan fingerprint density at radius 2 is 1.37 bits per heavy atom. The van der Waals surface area contributed by atoms with Crippen molar-refractivity contribution < 1.29 is 72.1 Å². The van der Waals surface area contributed by atoms with Gasteiger partial charge in [-0.2, -0.15) is 33.2 Å². The molecular formula is C51H72N6O15S4. The molecular weight excluding hydrogens is 1060 g/mol. The molecule has 420 valence electrons. The standard InChI is InChI=1S/C51H72N6O15S4/c1-50(2)38-33-36(75(64,65)66)18-20-41(38)56(44(50)14-6-5-7-15-45-51(3,4)39-34-37(76(67,68)69)19-21-42(39)57(45)25-12-32-74(61,62)63)24-11-10-17-47(59)53-23-27-71-29-31-72-30-28-70-26-22-52-46(58)16-9-8-13-43-48-40(35-73-43)54-49(60)55-48/h5-7,14-15,18-21,33-34,40,43,48H,8-13,16-17,22-32,35H2,1-4H3,(H6-,52,53,54,55,58,59,60,61,62,63,64,65,66,67,68,69)/t40-,43+,48-/m0/s1. The molecule has 6 N–H and O–H groups in total. The van der Waals surface area contributed by atoms with Crippen LogP contribution in [0, 0.1) is 0 Å². The van der Waals surface area contributed by atoms with Crippen LogP contribution in [0.3, 0.4) is 0 Å². The molecule has 4 heterocycles. The van der Waals surface area contributed by atoms with Crippen LogP contribution in [0.2, 0.25) is 0 Å². The predicted octanol–water partition coefficient (Wildman–Crippen LogP) is 4.46. The largest absolute Gasteiger partial charge is 0.748 e. The SMILES string of the molecule is CC1(C)C(/C=C/C=C/C=C2/N(CCCCC(=O)NCCOCCOCCOCCNC(=O)CCCC[C@H]3SC[C@@H]4NC(=O)N[C@@H]43)c3ccc(S(=O)(=O)O)cc3C2(C)C)=[N+](CCCS(=O)(=O)[O-])c2ccc(S(=O)(=O)O)cc21. The number of rotatable bonds is 31. The fourth-order valence-electron chi connectivity index (χ4n) is 9.94. The molecule has 6 rings (SSSR count). The van der Waals surface area contributed by atoms with Crippen molar-refractivity contribution in [1.82, 2.24) is 21.3 Å². The minimum Gasteiger partial charge on any atom is -0.748 e. The van der Waals surface area contributed by atoms with Gasteiger partial charge in [-0.15, -0.1) is 0 Å². The van der Waals surface area contributed by atoms with Gasteiger partial charge in [0.2, 0.25) is 17.5 Å². The molecule has 0 unspecified atom stereocenters. The number of hydrogen-bond acceptors (Lipinski definition) is 15. The first kappa shape index (κ1) is 60.5. The van der Waals surface area contributed by atoms with Crippen molar-refractivity contribution in [2.75, 3.05) is 82.2 Å². The fourth-order valence-corrected chi connectivity index (χ4v) is 13.0. The number of carbonyl (C=O) groups excluding carboxylic acids is 3. The van der Waals surface area contributed by atoms with E-state index in [9.17, 15) is 53.3 Å². The minimum atomic E-state index is -4.52. The Bertz CT molecular complexity index is 2890. The maximum absolute atomic E-state index is 12.7. The second-order valence-corrected chi connectivity index (χ2v) is 25.7. The van der Waals surface area contributed by atoms with Gasteiger partial charge in [0.1, 0.15) is 6.54 Å². The molecule has 0 spiro atoms. The molecule has 2 saturated heterocycles. The first-order valence-electron chi connectivity index (χ1n) is 25.5. The van der Waals surface area contributed by atoms with Crippen molar-refractivity contribution in [2.24, 2.45) is 0 Å². The third-order valence-corrected chi connectivity index (χ3v) is 17.8. The number of thioether (sulfide) groups is 1. The molecule has 76 heavy (non-hydrogen) atoms. The fraction of sp³-hybridized carbons (Fsp3) is 0.569. The second-order valence-electron chi connectivity index (χ2n) is 20.0. The van der Waals surface area contributed by atoms with E-state index in [0.29, 0.717) is 106 Å². The third-order valence-electron chi connectivity index (χ3n) is 13.8. The summed E-state index contributed by atoms with van der Waals surface area (Å²) < 4.78 is 121. The topological polar surface area (TPSA) is 299 Å². The number of unbranched alkanes of at least 4 members (excludes halogenated alkanes) is 2. The van der Waals surface area contributed by atoms with Crippen molar-refractivity contribution in [1.29, 1.82) is 0 Å². The molecule has 4 aliphatic heterocycles. The van der Waals surface area contributed by atoms with Crippen molar-refractivity contribution in [2.45, 2.75) is 117 Å². The zero-order valence-electron chi connectivity index (χ0n) is 43.5. The third kappa shape index (κ3) is 16.7. The Hall–Kier alpha value is -4.70. The van der Waals surface area contributed by atoms with Crippen LogP contribution in [-0.4, -0.2) is 162 Å². The van der Waals surface area contributed by atoms with E-state index in [1.54, 1.807) is 18.2 Å². The van der Waals surface area contributed by atoms with E-state index in [2.05, 4.69) is 26.2 Å². The van der Waals surface area contributed by atoms with Crippen LogP contribution in [0.5, 0.6) is 0 Å². The molecule has 0 aliphatic carbocycles. The zero-order chi connectivity index (χ0) is 55.3. The number of urea groups is 1. The van der Waals surface area contributed by atoms with Crippen LogP contribution in [-0.2, 0) is 65.0 Å². The predicted molar refractivity (Wildman–Crippen MR) is 288 cm³/mol. The zero-order valence-corrected chi connectivity index (χ0v) is 46.7. The maximum Gasteiger partial charge on any atom is 0.315 e. The summed E-state index contributed by atoms with van der Waals surface area (Å²) in [6, 6.07) is 8.96. The highest BCUT2D eigenvalue weighted by molar-refractivity contribution is 8.00. The molecule has 2 aromatic carbocycles. The highest BCUT2D eigenvalue weighted by atomic mass is 32.2. The number of nitrogens with zero attached hydrogens (tertiary/aromatic N) is 2. The van der Waals surface area contributed by atoms with Gasteiger partial charge in [-0.05, 0) is 81.5 Å². The van der Waals surface area contributed by atoms with E-state index in [1.807, 2.05) is 62.3 Å². The Kier molecular flexibility index (Phi) is 21.3. The van der Waals surface area contributed by atoms with E-state index >= 15 is 0 Å². The maximum atomic E-state index is 12.7. The average molecular weight is 1140 g/mol. The normalized spacial score (nSPS) is 20.4. The van der Waals surface area contributed by atoms with Crippen molar-refractivity contribution in [3.05, 3.63) is 83.6 Å². The lowest BCUT2D eigenvalue weighted by Gasteiger charge is -2.27. The van der Waals surface area contributed by atoms with Gasteiger partial charge in [0.05, 0.1) is 77.0 Å². The monoisotopic (exact) mass is 1140 g/mol. The first-order chi connectivity index (χ1) is 35.9. The Morgan fingerprint density at radius 1 is 0.776 bits per heavy atom. The van der Waals surface area contributed by atoms with Gasteiger partial charge in [-0.1, -0.05) is 38.5 Å². The van der Waals surface area contributed by atoms with E-state index in [0.717, 1.165) is 36.4 Å². The number of allylic oxidation sites excluding steroid dienone is 6. The van der Waals surface area contributed by atoms with Crippen LogP contribution in [0.25, 0.3) is 0 Å². The Labute approximate surface area is 451 Å². The number of benzene rings is 2. The van der Waals surface area contributed by atoms with Crippen LogP contribution in [0.15, 0.2) is 82.3 Å². The number of hydrogen-bond donors (Lipinski definition) is 6. The number of fused-ring (bicyclic) bond motifs is 3. The number of amides is 4. The number of anilines is 1. The van der Waals surface area contributed by atoms with E-state index in [1.165, 1.54) is 30.3 Å². The van der Waals surface area contributed by atoms with Crippen LogP contribution < -0.4 is 26.2 Å². The van der Waals surface area contributed by atoms with Crippen molar-refractivity contribution in [3.63, 3.8) is 0 Å². The van der Waals surface area contributed by atoms with E-state index in [4.69, 9.17) is 14.2 Å². The summed E-state index contributed by atoms with van der Waals surface area (Å²) in [7, 11) is -13.5. The smallest absolute Gasteiger partial charge is 0.315 e. The molecule has 25 heteroatoms. The summed E-state index contributed by atoms with van der Waals surface area (Å²) in [4.78, 5) is 38.0. The van der Waals surface area contributed by atoms with Gasteiger partial charge in [0.15, 0.2) is 5.71 Å². The summed E-state index contributed by atoms with van der Waals surface area (Å²) in [6.45, 7) is 11.1. The highest BCUT2D eigenvalue weighted by Gasteiger charge is 2.46. The summed E-state index contributed by atoms with van der Waals surface area (Å²) in [5, 5.41) is 12.1. The van der Waals surface area contributed by atoms with Gasteiger partial charge in [0, 0.05) is 90.2 Å². The van der Waals surface area contributed by atoms with Crippen molar-refractivity contribution in [3.8, 4) is 0 Å². The van der Waals surface area contributed by atoms with E-state index in [-0.39, 0.29) is 59.1 Å². The van der Waals surface area contributed by atoms with Gasteiger partial charge < -0.3 is 44.9 Å². The van der Waals surface area contributed by atoms with Crippen LogP contribution in [0.1, 0.15) is 90.2 Å². The van der Waals surface area contributed by atoms with Gasteiger partial charge in [-0.25, -0.2) is 13.2 Å². The van der Waals surface area contributed by atoms with Crippen LogP contribution >= 0.6 is 11.8 Å². The highest BCUT2D eigenvalue weighted by Crippen LogP contribution is 2.49. The molecule has 2 fully saturated rings. The molecule has 0 saturated carbocycles. The molecule has 3 atom stereocenters.